The van der Waals surface area contributed by atoms with Crippen molar-refractivity contribution in [3.8, 4) is 0 Å². The maximum atomic E-state index is 6.25. The zero-order valence-corrected chi connectivity index (χ0v) is 18.3. The first-order valence-electron chi connectivity index (χ1n) is 10.6. The Morgan fingerprint density at radius 3 is 2.59 bits per heavy atom. The number of morpholine rings is 2. The van der Waals surface area contributed by atoms with Crippen molar-refractivity contribution in [3.05, 3.63) is 16.2 Å². The van der Waals surface area contributed by atoms with Gasteiger partial charge in [-0.15, -0.1) is 11.3 Å². The van der Waals surface area contributed by atoms with Crippen molar-refractivity contribution in [2.75, 3.05) is 70.6 Å². The Kier molecular flexibility index (Phi) is 6.17. The molecule has 9 heteroatoms. The maximum Gasteiger partial charge on any atom is 0.224 e. The minimum Gasteiger partial charge on any atom is -0.379 e. The third-order valence-electron chi connectivity index (χ3n) is 6.11. The molecule has 3 aliphatic rings. The monoisotopic (exact) mass is 437 g/mol. The molecule has 0 saturated carbocycles. The van der Waals surface area contributed by atoms with Gasteiger partial charge in [-0.2, -0.15) is 4.98 Å². The largest absolute Gasteiger partial charge is 0.379 e. The summed E-state index contributed by atoms with van der Waals surface area (Å²) in [6.07, 6.45) is 2.56. The molecule has 5 rings (SSSR count). The summed E-state index contributed by atoms with van der Waals surface area (Å²) < 4.78 is 12.2. The van der Waals surface area contributed by atoms with Crippen molar-refractivity contribution in [2.45, 2.75) is 25.4 Å². The molecule has 0 N–H and O–H groups in total. The molecule has 0 radical (unpaired) electrons. The van der Waals surface area contributed by atoms with Gasteiger partial charge in [-0.25, -0.2) is 4.98 Å². The highest BCUT2D eigenvalue weighted by Gasteiger charge is 2.27. The van der Waals surface area contributed by atoms with E-state index in [-0.39, 0.29) is 0 Å². The summed E-state index contributed by atoms with van der Waals surface area (Å²) >= 11 is 8.06. The zero-order valence-electron chi connectivity index (χ0n) is 16.7. The Morgan fingerprint density at radius 2 is 1.79 bits per heavy atom. The van der Waals surface area contributed by atoms with Crippen molar-refractivity contribution in [3.63, 3.8) is 0 Å². The van der Waals surface area contributed by atoms with Crippen LogP contribution in [0.4, 0.5) is 5.82 Å². The van der Waals surface area contributed by atoms with Gasteiger partial charge in [0, 0.05) is 50.2 Å². The normalized spacial score (nSPS) is 25.0. The van der Waals surface area contributed by atoms with Crippen LogP contribution in [-0.2, 0) is 16.0 Å². The predicted octanol–water partition coefficient (Wildman–Crippen LogP) is 2.48. The molecule has 0 aliphatic carbocycles. The van der Waals surface area contributed by atoms with Crippen LogP contribution in [0.3, 0.4) is 0 Å². The summed E-state index contributed by atoms with van der Waals surface area (Å²) in [4.78, 5) is 17.9. The molecular weight excluding hydrogens is 410 g/mol. The third-order valence-corrected chi connectivity index (χ3v) is 7.38. The van der Waals surface area contributed by atoms with Gasteiger partial charge in [-0.1, -0.05) is 0 Å². The van der Waals surface area contributed by atoms with Crippen molar-refractivity contribution >= 4 is 39.0 Å². The number of likely N-dealkylation sites (tertiary alicyclic amines) is 1. The minimum absolute atomic E-state index is 0.327. The van der Waals surface area contributed by atoms with Crippen LogP contribution in [0.2, 0.25) is 5.28 Å². The second-order valence-electron chi connectivity index (χ2n) is 8.02. The Bertz CT molecular complexity index is 838. The summed E-state index contributed by atoms with van der Waals surface area (Å²) in [6, 6.07) is 2.86. The Morgan fingerprint density at radius 1 is 1.03 bits per heavy atom. The van der Waals surface area contributed by atoms with Crippen LogP contribution in [0.15, 0.2) is 6.07 Å². The fourth-order valence-electron chi connectivity index (χ4n) is 4.64. The third kappa shape index (κ3) is 4.52. The molecule has 158 valence electrons. The fraction of sp³-hybridized carbons (Fsp3) is 0.700. The molecule has 0 aromatic carbocycles. The Balaban J connectivity index is 1.32. The number of aromatic nitrogens is 2. The number of ether oxygens (including phenoxy) is 2. The highest BCUT2D eigenvalue weighted by molar-refractivity contribution is 7.19. The number of nitrogens with zero attached hydrogens (tertiary/aromatic N) is 5. The molecule has 3 saturated heterocycles. The summed E-state index contributed by atoms with van der Waals surface area (Å²) in [5, 5.41) is 0.327. The van der Waals surface area contributed by atoms with Crippen LogP contribution in [0, 0.1) is 0 Å². The molecule has 5 heterocycles. The van der Waals surface area contributed by atoms with E-state index >= 15 is 0 Å². The Labute approximate surface area is 180 Å². The van der Waals surface area contributed by atoms with Crippen LogP contribution < -0.4 is 4.90 Å². The molecule has 3 aliphatic heterocycles. The second-order valence-corrected chi connectivity index (χ2v) is 9.50. The van der Waals surface area contributed by atoms with E-state index in [0.29, 0.717) is 11.3 Å². The fourth-order valence-corrected chi connectivity index (χ4v) is 5.97. The van der Waals surface area contributed by atoms with Crippen LogP contribution in [0.25, 0.3) is 10.2 Å². The Hall–Kier alpha value is -1.03. The van der Waals surface area contributed by atoms with Crippen molar-refractivity contribution in [1.82, 2.24) is 19.8 Å². The first-order chi connectivity index (χ1) is 14.3. The number of rotatable bonds is 4. The summed E-state index contributed by atoms with van der Waals surface area (Å²) in [5.41, 5.74) is 0.966. The highest BCUT2D eigenvalue weighted by Crippen LogP contribution is 2.34. The molecule has 29 heavy (non-hydrogen) atoms. The zero-order chi connectivity index (χ0) is 19.6. The summed E-state index contributed by atoms with van der Waals surface area (Å²) in [5.74, 6) is 0.962. The van der Waals surface area contributed by atoms with Gasteiger partial charge in [-0.05, 0) is 37.1 Å². The highest BCUT2D eigenvalue weighted by atomic mass is 35.5. The van der Waals surface area contributed by atoms with Gasteiger partial charge in [0.1, 0.15) is 0 Å². The van der Waals surface area contributed by atoms with Gasteiger partial charge in [0.25, 0.3) is 0 Å². The van der Waals surface area contributed by atoms with Gasteiger partial charge in [-0.3, -0.25) is 9.80 Å². The number of piperidine rings is 1. The lowest BCUT2D eigenvalue weighted by molar-refractivity contribution is -0.00346. The topological polar surface area (TPSA) is 54.0 Å². The number of fused-ring (bicyclic) bond motifs is 1. The maximum absolute atomic E-state index is 6.25. The van der Waals surface area contributed by atoms with Crippen molar-refractivity contribution in [2.24, 2.45) is 0 Å². The summed E-state index contributed by atoms with van der Waals surface area (Å²) in [6.45, 7) is 10.3. The molecule has 2 aromatic heterocycles. The van der Waals surface area contributed by atoms with Crippen molar-refractivity contribution < 1.29 is 9.47 Å². The number of hydrogen-bond acceptors (Lipinski definition) is 8. The average molecular weight is 438 g/mol. The van der Waals surface area contributed by atoms with E-state index in [1.54, 1.807) is 0 Å². The van der Waals surface area contributed by atoms with E-state index in [1.165, 1.54) is 17.7 Å². The van der Waals surface area contributed by atoms with Gasteiger partial charge in [0.05, 0.1) is 36.6 Å². The SMILES string of the molecule is Clc1nc(N2CCOCC2)c2sc(CN3CCCC(N4CCOCC4)C3)cc2n1. The summed E-state index contributed by atoms with van der Waals surface area (Å²) in [7, 11) is 0. The molecule has 1 unspecified atom stereocenters. The number of thiophene rings is 1. The minimum atomic E-state index is 0.327. The first-order valence-corrected chi connectivity index (χ1v) is 11.8. The number of halogens is 1. The van der Waals surface area contributed by atoms with Crippen molar-refractivity contribution in [1.29, 1.82) is 0 Å². The molecule has 0 bridgehead atoms. The van der Waals surface area contributed by atoms with Crippen LogP contribution in [0.5, 0.6) is 0 Å². The first kappa shape index (κ1) is 19.9. The smallest absolute Gasteiger partial charge is 0.224 e. The number of anilines is 1. The molecule has 3 fully saturated rings. The lowest BCUT2D eigenvalue weighted by Gasteiger charge is -2.40. The quantitative estimate of drug-likeness (QED) is 0.681. The lowest BCUT2D eigenvalue weighted by atomic mass is 10.0. The molecule has 7 nitrogen and oxygen atoms in total. The van der Waals surface area contributed by atoms with E-state index in [2.05, 4.69) is 30.7 Å². The number of hydrogen-bond donors (Lipinski definition) is 0. The molecule has 0 amide bonds. The van der Waals surface area contributed by atoms with E-state index in [1.807, 2.05) is 11.3 Å². The predicted molar refractivity (Wildman–Crippen MR) is 116 cm³/mol. The molecule has 0 spiro atoms. The van der Waals surface area contributed by atoms with Gasteiger partial charge in [0.2, 0.25) is 5.28 Å². The average Bonchev–Trinajstić information content (AvgIpc) is 3.16. The second kappa shape index (κ2) is 8.99. The van der Waals surface area contributed by atoms with E-state index < -0.39 is 0 Å². The molecule has 2 aromatic rings. The van der Waals surface area contributed by atoms with Gasteiger partial charge >= 0.3 is 0 Å². The van der Waals surface area contributed by atoms with Gasteiger partial charge in [0.15, 0.2) is 5.82 Å². The van der Waals surface area contributed by atoms with E-state index in [9.17, 15) is 0 Å². The lowest BCUT2D eigenvalue weighted by Crippen LogP contribution is -2.51. The van der Waals surface area contributed by atoms with Gasteiger partial charge < -0.3 is 14.4 Å². The standard InChI is InChI=1S/C20H28ClN5O2S/c21-20-22-17-12-16(29-18(17)19(23-20)26-6-10-28-11-7-26)14-24-3-1-2-15(13-24)25-4-8-27-9-5-25/h12,15H,1-11,13-14H2. The molecule has 1 atom stereocenters. The van der Waals surface area contributed by atoms with E-state index in [4.69, 9.17) is 21.1 Å². The van der Waals surface area contributed by atoms with Crippen LogP contribution in [-0.4, -0.2) is 91.5 Å². The molecular formula is C20H28ClN5O2S. The van der Waals surface area contributed by atoms with Crippen LogP contribution >= 0.6 is 22.9 Å². The van der Waals surface area contributed by atoms with Crippen LogP contribution in [0.1, 0.15) is 17.7 Å². The van der Waals surface area contributed by atoms with E-state index in [0.717, 1.165) is 88.3 Å².